The molecule has 0 heterocycles. The Hall–Kier alpha value is -2.37. The van der Waals surface area contributed by atoms with Crippen molar-refractivity contribution in [2.45, 2.75) is 12.7 Å². The van der Waals surface area contributed by atoms with Crippen LogP contribution in [0.2, 0.25) is 0 Å². The number of methoxy groups -OCH3 is 1. The molecule has 5 nitrogen and oxygen atoms in total. The van der Waals surface area contributed by atoms with Crippen LogP contribution in [0.15, 0.2) is 48.5 Å². The summed E-state index contributed by atoms with van der Waals surface area (Å²) in [4.78, 5) is 13.9. The predicted octanol–water partition coefficient (Wildman–Crippen LogP) is 2.65. The molecule has 0 radical (unpaired) electrons. The van der Waals surface area contributed by atoms with Gasteiger partial charge < -0.3 is 19.5 Å². The molecule has 24 heavy (non-hydrogen) atoms. The van der Waals surface area contributed by atoms with Gasteiger partial charge in [0.15, 0.2) is 0 Å². The van der Waals surface area contributed by atoms with Crippen molar-refractivity contribution in [3.8, 4) is 5.75 Å². The van der Waals surface area contributed by atoms with Crippen LogP contribution in [0.4, 0.5) is 0 Å². The van der Waals surface area contributed by atoms with Crippen molar-refractivity contribution in [3.63, 3.8) is 0 Å². The van der Waals surface area contributed by atoms with Gasteiger partial charge >= 0.3 is 5.97 Å². The van der Waals surface area contributed by atoms with Crippen molar-refractivity contribution in [1.29, 1.82) is 0 Å². The van der Waals surface area contributed by atoms with Gasteiger partial charge in [-0.25, -0.2) is 4.79 Å². The largest absolute Gasteiger partial charge is 0.488 e. The highest BCUT2D eigenvalue weighted by atomic mass is 16.5. The van der Waals surface area contributed by atoms with E-state index in [0.717, 1.165) is 5.56 Å². The van der Waals surface area contributed by atoms with Gasteiger partial charge in [0.25, 0.3) is 0 Å². The molecule has 0 amide bonds. The molecule has 1 N–H and O–H groups in total. The second kappa shape index (κ2) is 8.47. The first-order valence-corrected chi connectivity index (χ1v) is 7.73. The van der Waals surface area contributed by atoms with Crippen molar-refractivity contribution in [2.75, 3.05) is 27.7 Å². The van der Waals surface area contributed by atoms with Gasteiger partial charge in [-0.3, -0.25) is 0 Å². The summed E-state index contributed by atoms with van der Waals surface area (Å²) < 4.78 is 10.6. The quantitative estimate of drug-likeness (QED) is 0.792. The molecule has 2 aromatic rings. The third kappa shape index (κ3) is 4.81. The van der Waals surface area contributed by atoms with Crippen LogP contribution in [-0.2, 0) is 11.3 Å². The third-order valence-corrected chi connectivity index (χ3v) is 3.57. The number of hydrogen-bond donors (Lipinski definition) is 1. The van der Waals surface area contributed by atoms with E-state index in [1.165, 1.54) is 7.11 Å². The minimum Gasteiger partial charge on any atom is -0.488 e. The van der Waals surface area contributed by atoms with Crippen LogP contribution in [0.1, 0.15) is 27.6 Å². The van der Waals surface area contributed by atoms with Gasteiger partial charge in [0.2, 0.25) is 0 Å². The van der Waals surface area contributed by atoms with Crippen molar-refractivity contribution in [3.05, 3.63) is 65.2 Å². The normalized spacial score (nSPS) is 12.0. The summed E-state index contributed by atoms with van der Waals surface area (Å²) in [6.07, 6.45) is -0.688. The van der Waals surface area contributed by atoms with Crippen molar-refractivity contribution >= 4 is 5.97 Å². The number of ether oxygens (including phenoxy) is 2. The lowest BCUT2D eigenvalue weighted by Crippen LogP contribution is -2.20. The highest BCUT2D eigenvalue weighted by molar-refractivity contribution is 5.92. The van der Waals surface area contributed by atoms with Gasteiger partial charge in [0.05, 0.1) is 13.2 Å². The zero-order chi connectivity index (χ0) is 17.5. The highest BCUT2D eigenvalue weighted by Gasteiger charge is 2.17. The summed E-state index contributed by atoms with van der Waals surface area (Å²) in [7, 11) is 5.08. The number of carbonyl (C=O) groups is 1. The number of carbonyl (C=O) groups excluding carboxylic acids is 1. The minimum atomic E-state index is -0.688. The van der Waals surface area contributed by atoms with E-state index in [4.69, 9.17) is 9.47 Å². The number of likely N-dealkylation sites (N-methyl/N-ethyl adjacent to an activating group) is 1. The van der Waals surface area contributed by atoms with Gasteiger partial charge in [-0.2, -0.15) is 0 Å². The van der Waals surface area contributed by atoms with Gasteiger partial charge in [-0.05, 0) is 37.4 Å². The van der Waals surface area contributed by atoms with Gasteiger partial charge in [-0.1, -0.05) is 36.4 Å². The van der Waals surface area contributed by atoms with Gasteiger partial charge in [-0.15, -0.1) is 0 Å². The molecule has 1 unspecified atom stereocenters. The van der Waals surface area contributed by atoms with Gasteiger partial charge in [0.1, 0.15) is 17.9 Å². The topological polar surface area (TPSA) is 59.0 Å². The molecule has 0 spiro atoms. The smallest absolute Gasteiger partial charge is 0.341 e. The summed E-state index contributed by atoms with van der Waals surface area (Å²) in [5, 5.41) is 10.2. The number of nitrogens with zero attached hydrogens (tertiary/aromatic N) is 1. The first kappa shape index (κ1) is 18.0. The van der Waals surface area contributed by atoms with Gasteiger partial charge in [0, 0.05) is 6.54 Å². The number of aliphatic hydroxyl groups is 1. The molecule has 2 rings (SSSR count). The Morgan fingerprint density at radius 1 is 1.17 bits per heavy atom. The molecule has 5 heteroatoms. The summed E-state index contributed by atoms with van der Waals surface area (Å²) in [6, 6.07) is 14.8. The van der Waals surface area contributed by atoms with Crippen LogP contribution < -0.4 is 4.74 Å². The average molecular weight is 329 g/mol. The maximum absolute atomic E-state index is 12.0. The fourth-order valence-electron chi connectivity index (χ4n) is 2.34. The standard InChI is InChI=1S/C19H23NO4/c1-20(2)12-17(21)15-9-10-18(16(11-15)19(22)23-3)24-13-14-7-5-4-6-8-14/h4-11,17,21H,12-13H2,1-3H3. The molecule has 0 saturated carbocycles. The Kier molecular flexibility index (Phi) is 6.35. The van der Waals surface area contributed by atoms with E-state index in [0.29, 0.717) is 30.0 Å². The lowest BCUT2D eigenvalue weighted by molar-refractivity contribution is 0.0595. The number of rotatable bonds is 7. The number of benzene rings is 2. The maximum atomic E-state index is 12.0. The van der Waals surface area contributed by atoms with Crippen LogP contribution >= 0.6 is 0 Å². The molecule has 1 atom stereocenters. The van der Waals surface area contributed by atoms with Crippen LogP contribution in [0.5, 0.6) is 5.75 Å². The van der Waals surface area contributed by atoms with E-state index in [2.05, 4.69) is 0 Å². The Morgan fingerprint density at radius 2 is 1.88 bits per heavy atom. The van der Waals surface area contributed by atoms with Crippen LogP contribution in [-0.4, -0.2) is 43.7 Å². The summed E-state index contributed by atoms with van der Waals surface area (Å²) in [6.45, 7) is 0.815. The average Bonchev–Trinajstić information content (AvgIpc) is 2.59. The fourth-order valence-corrected chi connectivity index (χ4v) is 2.34. The van der Waals surface area contributed by atoms with E-state index in [-0.39, 0.29) is 0 Å². The number of esters is 1. The number of hydrogen-bond acceptors (Lipinski definition) is 5. The molecule has 0 aliphatic heterocycles. The summed E-state index contributed by atoms with van der Waals surface area (Å²) in [5.41, 5.74) is 1.96. The van der Waals surface area contributed by atoms with Crippen LogP contribution in [0.3, 0.4) is 0 Å². The SMILES string of the molecule is COC(=O)c1cc(C(O)CN(C)C)ccc1OCc1ccccc1. The molecular formula is C19H23NO4. The second-order valence-corrected chi connectivity index (χ2v) is 5.80. The van der Waals surface area contributed by atoms with E-state index in [9.17, 15) is 9.90 Å². The molecule has 0 aromatic heterocycles. The molecular weight excluding hydrogens is 306 g/mol. The molecule has 0 aliphatic rings. The third-order valence-electron chi connectivity index (χ3n) is 3.57. The van der Waals surface area contributed by atoms with Crippen molar-refractivity contribution in [2.24, 2.45) is 0 Å². The molecule has 0 aliphatic carbocycles. The van der Waals surface area contributed by atoms with Crippen LogP contribution in [0, 0.1) is 0 Å². The van der Waals surface area contributed by atoms with E-state index < -0.39 is 12.1 Å². The van der Waals surface area contributed by atoms with Crippen molar-refractivity contribution < 1.29 is 19.4 Å². The predicted molar refractivity (Wildman–Crippen MR) is 92.1 cm³/mol. The second-order valence-electron chi connectivity index (χ2n) is 5.80. The van der Waals surface area contributed by atoms with E-state index in [1.54, 1.807) is 18.2 Å². The first-order chi connectivity index (χ1) is 11.5. The Balaban J connectivity index is 2.22. The molecule has 0 fully saturated rings. The zero-order valence-electron chi connectivity index (χ0n) is 14.2. The van der Waals surface area contributed by atoms with Crippen molar-refractivity contribution in [1.82, 2.24) is 4.90 Å². The Bertz CT molecular complexity index is 670. The lowest BCUT2D eigenvalue weighted by atomic mass is 10.0. The van der Waals surface area contributed by atoms with E-state index in [1.807, 2.05) is 49.3 Å². The maximum Gasteiger partial charge on any atom is 0.341 e. The minimum absolute atomic E-state index is 0.309. The zero-order valence-corrected chi connectivity index (χ0v) is 14.2. The Morgan fingerprint density at radius 3 is 2.50 bits per heavy atom. The first-order valence-electron chi connectivity index (χ1n) is 7.73. The molecule has 128 valence electrons. The molecule has 0 bridgehead atoms. The van der Waals surface area contributed by atoms with E-state index >= 15 is 0 Å². The molecule has 0 saturated heterocycles. The summed E-state index contributed by atoms with van der Waals surface area (Å²) >= 11 is 0. The summed E-state index contributed by atoms with van der Waals surface area (Å²) in [5.74, 6) is -0.0523. The fraction of sp³-hybridized carbons (Fsp3) is 0.316. The Labute approximate surface area is 142 Å². The number of aliphatic hydroxyl groups excluding tert-OH is 1. The lowest BCUT2D eigenvalue weighted by Gasteiger charge is -2.18. The monoisotopic (exact) mass is 329 g/mol. The molecule has 2 aromatic carbocycles. The van der Waals surface area contributed by atoms with Crippen LogP contribution in [0.25, 0.3) is 0 Å². The highest BCUT2D eigenvalue weighted by Crippen LogP contribution is 2.25.